The van der Waals surface area contributed by atoms with E-state index < -0.39 is 0 Å². The summed E-state index contributed by atoms with van der Waals surface area (Å²) in [6, 6.07) is 0.484. The van der Waals surface area contributed by atoms with E-state index >= 15 is 0 Å². The summed E-state index contributed by atoms with van der Waals surface area (Å²) in [5, 5.41) is 11.6. The fourth-order valence-corrected chi connectivity index (χ4v) is 2.21. The van der Waals surface area contributed by atoms with Gasteiger partial charge in [-0.05, 0) is 18.8 Å². The lowest BCUT2D eigenvalue weighted by Gasteiger charge is -2.35. The highest BCUT2D eigenvalue weighted by Crippen LogP contribution is 2.15. The summed E-state index contributed by atoms with van der Waals surface area (Å²) in [6.45, 7) is 7.98. The Labute approximate surface area is 104 Å². The van der Waals surface area contributed by atoms with E-state index in [9.17, 15) is 0 Å². The fraction of sp³-hybridized carbons (Fsp3) is 0.917. The van der Waals surface area contributed by atoms with Gasteiger partial charge in [0.25, 0.3) is 0 Å². The van der Waals surface area contributed by atoms with Gasteiger partial charge in [0, 0.05) is 32.2 Å². The Bertz CT molecular complexity index is 238. The lowest BCUT2D eigenvalue weighted by Crippen LogP contribution is -2.44. The van der Waals surface area contributed by atoms with Crippen LogP contribution in [0.15, 0.2) is 5.16 Å². The van der Waals surface area contributed by atoms with Gasteiger partial charge in [-0.2, -0.15) is 0 Å². The van der Waals surface area contributed by atoms with Crippen LogP contribution in [0.3, 0.4) is 0 Å². The Kier molecular flexibility index (Phi) is 6.29. The minimum absolute atomic E-state index is 0.301. The summed E-state index contributed by atoms with van der Waals surface area (Å²) in [7, 11) is 0. The maximum atomic E-state index is 8.56. The molecule has 0 aromatic heterocycles. The molecule has 17 heavy (non-hydrogen) atoms. The number of nitrogens with zero attached hydrogens (tertiary/aromatic N) is 2. The predicted octanol–water partition coefficient (Wildman–Crippen LogP) is 1.26. The van der Waals surface area contributed by atoms with Crippen LogP contribution in [0.1, 0.15) is 33.1 Å². The van der Waals surface area contributed by atoms with Gasteiger partial charge in [0.1, 0.15) is 5.84 Å². The molecule has 0 spiro atoms. The molecule has 0 radical (unpaired) electrons. The molecule has 1 heterocycles. The van der Waals surface area contributed by atoms with E-state index in [1.54, 1.807) is 0 Å². The van der Waals surface area contributed by atoms with Gasteiger partial charge in [0.15, 0.2) is 0 Å². The van der Waals surface area contributed by atoms with Crippen LogP contribution in [0.5, 0.6) is 0 Å². The van der Waals surface area contributed by atoms with Crippen LogP contribution in [-0.2, 0) is 4.74 Å². The zero-order valence-corrected chi connectivity index (χ0v) is 10.9. The molecule has 0 amide bonds. The Morgan fingerprint density at radius 2 is 2.35 bits per heavy atom. The number of oxime groups is 1. The van der Waals surface area contributed by atoms with Crippen LogP contribution in [0.4, 0.5) is 0 Å². The van der Waals surface area contributed by atoms with Crippen molar-refractivity contribution in [2.24, 2.45) is 16.8 Å². The predicted molar refractivity (Wildman–Crippen MR) is 68.3 cm³/mol. The molecule has 5 nitrogen and oxygen atoms in total. The minimum atomic E-state index is 0.301. The summed E-state index contributed by atoms with van der Waals surface area (Å²) in [5.41, 5.74) is 5.52. The molecule has 1 unspecified atom stereocenters. The van der Waals surface area contributed by atoms with Gasteiger partial charge in [0.2, 0.25) is 0 Å². The molecule has 0 aromatic carbocycles. The molecule has 1 fully saturated rings. The summed E-state index contributed by atoms with van der Waals surface area (Å²) in [5.74, 6) is 0.916. The van der Waals surface area contributed by atoms with E-state index in [2.05, 4.69) is 23.9 Å². The average Bonchev–Trinajstić information content (AvgIpc) is 2.34. The second-order valence-corrected chi connectivity index (χ2v) is 5.10. The Morgan fingerprint density at radius 1 is 1.59 bits per heavy atom. The Morgan fingerprint density at radius 3 is 2.88 bits per heavy atom. The second-order valence-electron chi connectivity index (χ2n) is 5.10. The number of nitrogens with two attached hydrogens (primary N) is 1. The first-order valence-corrected chi connectivity index (χ1v) is 6.41. The maximum Gasteiger partial charge on any atom is 0.140 e. The van der Waals surface area contributed by atoms with Crippen LogP contribution < -0.4 is 5.73 Å². The smallest absolute Gasteiger partial charge is 0.140 e. The van der Waals surface area contributed by atoms with Crippen molar-refractivity contribution in [2.75, 3.05) is 26.3 Å². The first-order chi connectivity index (χ1) is 8.13. The molecule has 1 aliphatic rings. The normalized spacial score (nSPS) is 22.4. The monoisotopic (exact) mass is 243 g/mol. The molecule has 0 saturated carbocycles. The molecule has 1 rings (SSSR count). The largest absolute Gasteiger partial charge is 0.409 e. The SMILES string of the molecule is CC(C)CN(CCC(N)=NO)C1CCCOC1. The fourth-order valence-electron chi connectivity index (χ4n) is 2.21. The molecule has 5 heteroatoms. The molecule has 1 atom stereocenters. The van der Waals surface area contributed by atoms with Crippen LogP contribution in [0, 0.1) is 5.92 Å². The maximum absolute atomic E-state index is 8.56. The van der Waals surface area contributed by atoms with Crippen LogP contribution in [0.2, 0.25) is 0 Å². The first kappa shape index (κ1) is 14.3. The lowest BCUT2D eigenvalue weighted by molar-refractivity contribution is 0.0146. The van der Waals surface area contributed by atoms with E-state index in [1.807, 2.05) is 0 Å². The molecular formula is C12H25N3O2. The van der Waals surface area contributed by atoms with Crippen molar-refractivity contribution < 1.29 is 9.94 Å². The summed E-state index contributed by atoms with van der Waals surface area (Å²) >= 11 is 0. The summed E-state index contributed by atoms with van der Waals surface area (Å²) < 4.78 is 5.53. The molecule has 0 aliphatic carbocycles. The van der Waals surface area contributed by atoms with Gasteiger partial charge in [0.05, 0.1) is 6.61 Å². The third-order valence-electron chi connectivity index (χ3n) is 3.04. The van der Waals surface area contributed by atoms with Crippen molar-refractivity contribution in [2.45, 2.75) is 39.2 Å². The molecule has 100 valence electrons. The Hall–Kier alpha value is -0.810. The van der Waals surface area contributed by atoms with Gasteiger partial charge < -0.3 is 15.7 Å². The van der Waals surface area contributed by atoms with Gasteiger partial charge in [-0.15, -0.1) is 0 Å². The topological polar surface area (TPSA) is 71.1 Å². The van der Waals surface area contributed by atoms with Crippen LogP contribution >= 0.6 is 0 Å². The zero-order valence-electron chi connectivity index (χ0n) is 10.9. The number of rotatable bonds is 6. The number of hydrogen-bond acceptors (Lipinski definition) is 4. The Balaban J connectivity index is 2.46. The standard InChI is InChI=1S/C12H25N3O2/c1-10(2)8-15(6-5-12(13)14-16)11-4-3-7-17-9-11/h10-11,16H,3-9H2,1-2H3,(H2,13,14). The second kappa shape index (κ2) is 7.50. The van der Waals surface area contributed by atoms with Crippen molar-refractivity contribution in [3.63, 3.8) is 0 Å². The van der Waals surface area contributed by atoms with Crippen molar-refractivity contribution in [3.8, 4) is 0 Å². The highest BCUT2D eigenvalue weighted by molar-refractivity contribution is 5.79. The van der Waals surface area contributed by atoms with Gasteiger partial charge >= 0.3 is 0 Å². The molecule has 1 aliphatic heterocycles. The van der Waals surface area contributed by atoms with Gasteiger partial charge in [-0.3, -0.25) is 4.90 Å². The third-order valence-corrected chi connectivity index (χ3v) is 3.04. The van der Waals surface area contributed by atoms with Crippen molar-refractivity contribution in [1.82, 2.24) is 4.90 Å². The molecular weight excluding hydrogens is 218 g/mol. The van der Waals surface area contributed by atoms with Crippen LogP contribution in [0.25, 0.3) is 0 Å². The summed E-state index contributed by atoms with van der Waals surface area (Å²) in [6.07, 6.45) is 2.92. The van der Waals surface area contributed by atoms with E-state index in [0.717, 1.165) is 32.7 Å². The molecule has 0 bridgehead atoms. The highest BCUT2D eigenvalue weighted by Gasteiger charge is 2.22. The van der Waals surface area contributed by atoms with E-state index in [0.29, 0.717) is 24.2 Å². The highest BCUT2D eigenvalue weighted by atomic mass is 16.5. The lowest BCUT2D eigenvalue weighted by atomic mass is 10.1. The average molecular weight is 243 g/mol. The molecule has 0 aromatic rings. The first-order valence-electron chi connectivity index (χ1n) is 6.41. The van der Waals surface area contributed by atoms with E-state index in [4.69, 9.17) is 15.7 Å². The van der Waals surface area contributed by atoms with Gasteiger partial charge in [-0.1, -0.05) is 19.0 Å². The van der Waals surface area contributed by atoms with Crippen molar-refractivity contribution >= 4 is 5.84 Å². The quantitative estimate of drug-likeness (QED) is 0.319. The van der Waals surface area contributed by atoms with Crippen LogP contribution in [-0.4, -0.2) is 48.3 Å². The van der Waals surface area contributed by atoms with E-state index in [1.165, 1.54) is 6.42 Å². The van der Waals surface area contributed by atoms with E-state index in [-0.39, 0.29) is 0 Å². The van der Waals surface area contributed by atoms with Crippen molar-refractivity contribution in [3.05, 3.63) is 0 Å². The number of amidine groups is 1. The van der Waals surface area contributed by atoms with Gasteiger partial charge in [-0.25, -0.2) is 0 Å². The number of ether oxygens (including phenoxy) is 1. The third kappa shape index (κ3) is 5.37. The summed E-state index contributed by atoms with van der Waals surface area (Å²) in [4.78, 5) is 2.40. The molecule has 3 N–H and O–H groups in total. The zero-order chi connectivity index (χ0) is 12.7. The number of hydrogen-bond donors (Lipinski definition) is 2. The minimum Gasteiger partial charge on any atom is -0.409 e. The molecule has 1 saturated heterocycles. The van der Waals surface area contributed by atoms with Crippen molar-refractivity contribution in [1.29, 1.82) is 0 Å².